The van der Waals surface area contributed by atoms with E-state index in [0.717, 1.165) is 36.8 Å². The number of carbonyl (C=O) groups is 2. The molecule has 2 aromatic rings. The molecule has 1 aromatic heterocycles. The van der Waals surface area contributed by atoms with E-state index in [-0.39, 0.29) is 30.3 Å². The predicted molar refractivity (Wildman–Crippen MR) is 124 cm³/mol. The number of pyridine rings is 1. The molecule has 1 N–H and O–H groups in total. The number of methoxy groups -OCH3 is 1. The normalized spacial score (nSPS) is 25.2. The van der Waals surface area contributed by atoms with E-state index in [9.17, 15) is 9.59 Å². The highest BCUT2D eigenvalue weighted by Crippen LogP contribution is 2.53. The predicted octanol–water partition coefficient (Wildman–Crippen LogP) is 3.39. The summed E-state index contributed by atoms with van der Waals surface area (Å²) in [5.41, 5.74) is 1.65. The van der Waals surface area contributed by atoms with Gasteiger partial charge < -0.3 is 9.64 Å². The van der Waals surface area contributed by atoms with Gasteiger partial charge in [-0.3, -0.25) is 24.9 Å². The summed E-state index contributed by atoms with van der Waals surface area (Å²) in [7, 11) is 1.66. The zero-order valence-corrected chi connectivity index (χ0v) is 19.0. The number of amides is 2. The molecule has 7 heteroatoms. The molecule has 0 radical (unpaired) electrons. The molecule has 5 rings (SSSR count). The smallest absolute Gasteiger partial charge is 0.255 e. The lowest BCUT2D eigenvalue weighted by Gasteiger charge is -2.28. The topological polar surface area (TPSA) is 86.6 Å². The monoisotopic (exact) mass is 446 g/mol. The minimum atomic E-state index is -0.637. The zero-order chi connectivity index (χ0) is 23.0. The number of ether oxygens (including phenoxy) is 1. The van der Waals surface area contributed by atoms with Crippen molar-refractivity contribution in [3.8, 4) is 0 Å². The zero-order valence-electron chi connectivity index (χ0n) is 19.0. The number of carbonyl (C=O) groups excluding carboxylic acids is 2. The molecule has 1 aliphatic carbocycles. The highest BCUT2D eigenvalue weighted by Gasteiger charge is 2.58. The molecule has 3 fully saturated rings. The first kappa shape index (κ1) is 21.8. The SMILES string of the molecule is COC[C@H]1CCCN1C(=O)c1cncc(CN2C(=N)CC(c3ccccc3)(C3CC3)C2=O)c1. The Kier molecular flexibility index (Phi) is 5.74. The first-order valence-corrected chi connectivity index (χ1v) is 11.7. The second-order valence-electron chi connectivity index (χ2n) is 9.46. The standard InChI is InChI=1S/C26H30N4O3/c1-33-17-22-8-5-11-29(22)24(31)19-12-18(14-28-15-19)16-30-23(27)13-26(25(30)32,21-9-10-21)20-6-3-2-4-7-20/h2-4,6-7,12,14-15,21-22,27H,5,8-11,13,16-17H2,1H3/t22-,26?/m1/s1. The summed E-state index contributed by atoms with van der Waals surface area (Å²) in [6, 6.07) is 11.8. The molecule has 1 aromatic carbocycles. The van der Waals surface area contributed by atoms with Gasteiger partial charge in [-0.2, -0.15) is 0 Å². The van der Waals surface area contributed by atoms with E-state index in [0.29, 0.717) is 31.0 Å². The molecule has 7 nitrogen and oxygen atoms in total. The van der Waals surface area contributed by atoms with Crippen LogP contribution in [-0.4, -0.2) is 58.7 Å². The van der Waals surface area contributed by atoms with Crippen LogP contribution in [0.25, 0.3) is 0 Å². The third-order valence-corrected chi connectivity index (χ3v) is 7.34. The molecule has 2 atom stereocenters. The Morgan fingerprint density at radius 3 is 2.73 bits per heavy atom. The number of hydrogen-bond acceptors (Lipinski definition) is 5. The van der Waals surface area contributed by atoms with Crippen LogP contribution in [0.2, 0.25) is 0 Å². The number of hydrogen-bond donors (Lipinski definition) is 1. The van der Waals surface area contributed by atoms with Crippen LogP contribution in [0.5, 0.6) is 0 Å². The summed E-state index contributed by atoms with van der Waals surface area (Å²) in [6.45, 7) is 1.50. The van der Waals surface area contributed by atoms with Crippen molar-refractivity contribution in [2.24, 2.45) is 5.92 Å². The average Bonchev–Trinajstić information content (AvgIpc) is 3.54. The summed E-state index contributed by atoms with van der Waals surface area (Å²) in [4.78, 5) is 34.6. The van der Waals surface area contributed by atoms with Crippen LogP contribution >= 0.6 is 0 Å². The van der Waals surface area contributed by atoms with E-state index in [2.05, 4.69) is 4.98 Å². The number of amidine groups is 1. The van der Waals surface area contributed by atoms with Crippen molar-refractivity contribution >= 4 is 17.6 Å². The highest BCUT2D eigenvalue weighted by atomic mass is 16.5. The maximum Gasteiger partial charge on any atom is 0.255 e. The molecule has 3 heterocycles. The Morgan fingerprint density at radius 1 is 1.21 bits per heavy atom. The van der Waals surface area contributed by atoms with Crippen LogP contribution in [0.3, 0.4) is 0 Å². The van der Waals surface area contributed by atoms with Gasteiger partial charge in [-0.05, 0) is 48.8 Å². The van der Waals surface area contributed by atoms with E-state index in [1.165, 1.54) is 0 Å². The van der Waals surface area contributed by atoms with Gasteiger partial charge in [-0.1, -0.05) is 30.3 Å². The Labute approximate surface area is 194 Å². The Morgan fingerprint density at radius 2 is 2.00 bits per heavy atom. The maximum absolute atomic E-state index is 13.7. The van der Waals surface area contributed by atoms with Gasteiger partial charge in [0.15, 0.2) is 0 Å². The molecule has 0 bridgehead atoms. The number of aromatic nitrogens is 1. The minimum Gasteiger partial charge on any atom is -0.383 e. The quantitative estimate of drug-likeness (QED) is 0.706. The molecule has 172 valence electrons. The van der Waals surface area contributed by atoms with E-state index in [1.807, 2.05) is 41.3 Å². The fourth-order valence-electron chi connectivity index (χ4n) is 5.57. The van der Waals surface area contributed by atoms with Gasteiger partial charge >= 0.3 is 0 Å². The van der Waals surface area contributed by atoms with Crippen LogP contribution in [-0.2, 0) is 21.5 Å². The van der Waals surface area contributed by atoms with Crippen LogP contribution in [0.15, 0.2) is 48.8 Å². The van der Waals surface area contributed by atoms with Crippen molar-refractivity contribution in [2.45, 2.75) is 50.1 Å². The summed E-state index contributed by atoms with van der Waals surface area (Å²) >= 11 is 0. The van der Waals surface area contributed by atoms with Crippen molar-refractivity contribution in [3.05, 3.63) is 65.5 Å². The number of likely N-dealkylation sites (tertiary alicyclic amines) is 2. The molecular weight excluding hydrogens is 416 g/mol. The summed E-state index contributed by atoms with van der Waals surface area (Å²) in [6.07, 6.45) is 7.65. The van der Waals surface area contributed by atoms with Crippen molar-refractivity contribution in [3.63, 3.8) is 0 Å². The molecule has 33 heavy (non-hydrogen) atoms. The Hall–Kier alpha value is -3.06. The lowest BCUT2D eigenvalue weighted by Crippen LogP contribution is -2.40. The number of nitrogens with zero attached hydrogens (tertiary/aromatic N) is 3. The Balaban J connectivity index is 1.37. The number of nitrogens with one attached hydrogen (secondary N) is 1. The van der Waals surface area contributed by atoms with Gasteiger partial charge in [0.1, 0.15) is 5.84 Å². The van der Waals surface area contributed by atoms with E-state index in [4.69, 9.17) is 10.1 Å². The third kappa shape index (κ3) is 3.84. The molecular formula is C26H30N4O3. The number of rotatable bonds is 7. The lowest BCUT2D eigenvalue weighted by atomic mass is 9.74. The molecule has 0 spiro atoms. The van der Waals surface area contributed by atoms with Crippen molar-refractivity contribution in [1.82, 2.24) is 14.8 Å². The van der Waals surface area contributed by atoms with Crippen LogP contribution in [0, 0.1) is 11.3 Å². The molecule has 2 saturated heterocycles. The molecule has 1 unspecified atom stereocenters. The Bertz CT molecular complexity index is 1070. The minimum absolute atomic E-state index is 0.00219. The fraction of sp³-hybridized carbons (Fsp3) is 0.462. The summed E-state index contributed by atoms with van der Waals surface area (Å²) in [5, 5.41) is 8.65. The molecule has 2 aliphatic heterocycles. The van der Waals surface area contributed by atoms with Crippen molar-refractivity contribution < 1.29 is 14.3 Å². The summed E-state index contributed by atoms with van der Waals surface area (Å²) in [5.74, 6) is 0.574. The fourth-order valence-corrected chi connectivity index (χ4v) is 5.57. The van der Waals surface area contributed by atoms with E-state index in [1.54, 1.807) is 24.4 Å². The highest BCUT2D eigenvalue weighted by molar-refractivity contribution is 6.10. The third-order valence-electron chi connectivity index (χ3n) is 7.34. The van der Waals surface area contributed by atoms with Crippen LogP contribution < -0.4 is 0 Å². The van der Waals surface area contributed by atoms with Gasteiger partial charge in [0, 0.05) is 32.5 Å². The first-order chi connectivity index (χ1) is 16.0. The van der Waals surface area contributed by atoms with Crippen molar-refractivity contribution in [2.75, 3.05) is 20.3 Å². The lowest BCUT2D eigenvalue weighted by molar-refractivity contribution is -0.132. The second-order valence-corrected chi connectivity index (χ2v) is 9.46. The van der Waals surface area contributed by atoms with Gasteiger partial charge in [0.25, 0.3) is 5.91 Å². The van der Waals surface area contributed by atoms with Gasteiger partial charge in [-0.15, -0.1) is 0 Å². The molecule has 3 aliphatic rings. The first-order valence-electron chi connectivity index (χ1n) is 11.7. The van der Waals surface area contributed by atoms with Gasteiger partial charge in [0.2, 0.25) is 5.91 Å². The largest absolute Gasteiger partial charge is 0.383 e. The maximum atomic E-state index is 13.7. The van der Waals surface area contributed by atoms with Gasteiger partial charge in [0.05, 0.1) is 30.2 Å². The van der Waals surface area contributed by atoms with Crippen molar-refractivity contribution in [1.29, 1.82) is 5.41 Å². The van der Waals surface area contributed by atoms with E-state index >= 15 is 0 Å². The molecule has 2 amide bonds. The second kappa shape index (κ2) is 8.71. The van der Waals surface area contributed by atoms with Gasteiger partial charge in [-0.25, -0.2) is 0 Å². The summed E-state index contributed by atoms with van der Waals surface area (Å²) < 4.78 is 5.28. The number of benzene rings is 1. The average molecular weight is 447 g/mol. The van der Waals surface area contributed by atoms with E-state index < -0.39 is 5.41 Å². The molecule has 1 saturated carbocycles. The van der Waals surface area contributed by atoms with Crippen LogP contribution in [0.1, 0.15) is 53.6 Å². The van der Waals surface area contributed by atoms with Crippen LogP contribution in [0.4, 0.5) is 0 Å².